The monoisotopic (exact) mass is 444 g/mol. The largest absolute Gasteiger partial charge is 0.464 e. The van der Waals surface area contributed by atoms with Gasteiger partial charge in [-0.2, -0.15) is 0 Å². The fraction of sp³-hybridized carbons (Fsp3) is 0.304. The van der Waals surface area contributed by atoms with Gasteiger partial charge in [0.2, 0.25) is 0 Å². The van der Waals surface area contributed by atoms with E-state index >= 15 is 0 Å². The van der Waals surface area contributed by atoms with Gasteiger partial charge < -0.3 is 10.1 Å². The lowest BCUT2D eigenvalue weighted by atomic mass is 9.99. The molecule has 2 rings (SSSR count). The molecule has 0 aromatic heterocycles. The van der Waals surface area contributed by atoms with E-state index in [1.165, 1.54) is 6.08 Å². The SMILES string of the molecule is CCOC(=O)C(NC(=O)NS(=O)(=O)C(=Cc1ccccc1)c1ccccc1)C(C)CC. The predicted molar refractivity (Wildman–Crippen MR) is 121 cm³/mol. The van der Waals surface area contributed by atoms with Gasteiger partial charge in [0.05, 0.1) is 11.5 Å². The third-order valence-electron chi connectivity index (χ3n) is 4.71. The van der Waals surface area contributed by atoms with Gasteiger partial charge in [0.25, 0.3) is 10.0 Å². The molecule has 0 saturated heterocycles. The average molecular weight is 445 g/mol. The first-order valence-electron chi connectivity index (χ1n) is 10.1. The van der Waals surface area contributed by atoms with Crippen molar-refractivity contribution < 1.29 is 22.7 Å². The highest BCUT2D eigenvalue weighted by molar-refractivity contribution is 7.99. The standard InChI is InChI=1S/C23H28N2O5S/c1-4-17(3)21(22(26)30-5-2)24-23(27)25-31(28,29)20(19-14-10-7-11-15-19)16-18-12-8-6-9-13-18/h6-17,21H,4-5H2,1-3H3,(H2,24,25,27). The van der Waals surface area contributed by atoms with Gasteiger partial charge in [-0.05, 0) is 30.0 Å². The Balaban J connectivity index is 2.32. The molecule has 2 amide bonds. The van der Waals surface area contributed by atoms with Crippen molar-refractivity contribution in [1.29, 1.82) is 0 Å². The van der Waals surface area contributed by atoms with Crippen LogP contribution in [-0.2, 0) is 19.6 Å². The Morgan fingerprint density at radius 1 is 1.00 bits per heavy atom. The molecular weight excluding hydrogens is 416 g/mol. The Labute approximate surface area is 183 Å². The second-order valence-corrected chi connectivity index (χ2v) is 8.63. The van der Waals surface area contributed by atoms with Crippen LogP contribution in [0.3, 0.4) is 0 Å². The third kappa shape index (κ3) is 6.96. The van der Waals surface area contributed by atoms with Crippen LogP contribution in [0, 0.1) is 5.92 Å². The number of nitrogens with one attached hydrogen (secondary N) is 2. The molecule has 2 atom stereocenters. The molecule has 7 nitrogen and oxygen atoms in total. The van der Waals surface area contributed by atoms with Crippen LogP contribution in [0.25, 0.3) is 11.0 Å². The van der Waals surface area contributed by atoms with Crippen LogP contribution >= 0.6 is 0 Å². The lowest BCUT2D eigenvalue weighted by Gasteiger charge is -2.22. The van der Waals surface area contributed by atoms with E-state index < -0.39 is 28.1 Å². The van der Waals surface area contributed by atoms with E-state index in [9.17, 15) is 18.0 Å². The van der Waals surface area contributed by atoms with Gasteiger partial charge in [0.15, 0.2) is 0 Å². The highest BCUT2D eigenvalue weighted by Gasteiger charge is 2.29. The van der Waals surface area contributed by atoms with Crippen molar-refractivity contribution in [2.75, 3.05) is 6.61 Å². The van der Waals surface area contributed by atoms with Crippen molar-refractivity contribution in [2.45, 2.75) is 33.2 Å². The summed E-state index contributed by atoms with van der Waals surface area (Å²) in [4.78, 5) is 24.7. The van der Waals surface area contributed by atoms with Gasteiger partial charge >= 0.3 is 12.0 Å². The number of sulfonamides is 1. The highest BCUT2D eigenvalue weighted by atomic mass is 32.2. The lowest BCUT2D eigenvalue weighted by molar-refractivity contribution is -0.146. The average Bonchev–Trinajstić information content (AvgIpc) is 2.76. The normalized spacial score (nSPS) is 13.7. The number of carbonyl (C=O) groups is 2. The summed E-state index contributed by atoms with van der Waals surface area (Å²) in [7, 11) is -4.24. The zero-order valence-electron chi connectivity index (χ0n) is 17.9. The van der Waals surface area contributed by atoms with Crippen LogP contribution in [0.15, 0.2) is 60.7 Å². The van der Waals surface area contributed by atoms with E-state index in [0.29, 0.717) is 17.5 Å². The molecule has 0 aliphatic carbocycles. The van der Waals surface area contributed by atoms with Crippen molar-refractivity contribution in [3.8, 4) is 0 Å². The third-order valence-corrected chi connectivity index (χ3v) is 6.10. The van der Waals surface area contributed by atoms with Crippen LogP contribution in [0.5, 0.6) is 0 Å². The summed E-state index contributed by atoms with van der Waals surface area (Å²) in [5.74, 6) is -0.839. The van der Waals surface area contributed by atoms with E-state index in [-0.39, 0.29) is 17.4 Å². The number of carbonyl (C=O) groups excluding carboxylic acids is 2. The summed E-state index contributed by atoms with van der Waals surface area (Å²) in [5, 5.41) is 2.45. The van der Waals surface area contributed by atoms with E-state index in [0.717, 1.165) is 0 Å². The number of rotatable bonds is 9. The smallest absolute Gasteiger partial charge is 0.329 e. The van der Waals surface area contributed by atoms with E-state index in [1.54, 1.807) is 68.4 Å². The quantitative estimate of drug-likeness (QED) is 0.453. The second-order valence-electron chi connectivity index (χ2n) is 6.98. The zero-order valence-corrected chi connectivity index (χ0v) is 18.7. The van der Waals surface area contributed by atoms with Crippen LogP contribution in [-0.4, -0.2) is 33.1 Å². The fourth-order valence-electron chi connectivity index (χ4n) is 2.87. The Hall–Kier alpha value is -3.13. The maximum atomic E-state index is 13.1. The van der Waals surface area contributed by atoms with Gasteiger partial charge in [-0.25, -0.2) is 22.7 Å². The Bertz CT molecular complexity index is 1000. The Morgan fingerprint density at radius 2 is 1.58 bits per heavy atom. The molecule has 0 spiro atoms. The van der Waals surface area contributed by atoms with Crippen LogP contribution in [0.2, 0.25) is 0 Å². The van der Waals surface area contributed by atoms with Gasteiger partial charge in [-0.1, -0.05) is 80.9 Å². The summed E-state index contributed by atoms with van der Waals surface area (Å²) in [6, 6.07) is 15.5. The molecule has 0 aliphatic rings. The predicted octanol–water partition coefficient (Wildman–Crippen LogP) is 3.79. The topological polar surface area (TPSA) is 102 Å². The number of ether oxygens (including phenoxy) is 1. The number of hydrogen-bond donors (Lipinski definition) is 2. The van der Waals surface area contributed by atoms with Gasteiger partial charge in [-0.15, -0.1) is 0 Å². The second kappa shape index (κ2) is 11.3. The molecule has 2 aromatic rings. The minimum Gasteiger partial charge on any atom is -0.464 e. The zero-order chi connectivity index (χ0) is 22.9. The summed E-state index contributed by atoms with van der Waals surface area (Å²) < 4.78 is 33.3. The number of amides is 2. The van der Waals surface area contributed by atoms with E-state index in [1.807, 2.05) is 17.7 Å². The Kier molecular flexibility index (Phi) is 8.81. The first-order chi connectivity index (χ1) is 14.8. The molecule has 0 radical (unpaired) electrons. The van der Waals surface area contributed by atoms with Crippen molar-refractivity contribution in [3.05, 3.63) is 71.8 Å². The highest BCUT2D eigenvalue weighted by Crippen LogP contribution is 2.23. The van der Waals surface area contributed by atoms with E-state index in [2.05, 4.69) is 5.32 Å². The molecule has 2 N–H and O–H groups in total. The number of benzene rings is 2. The molecule has 166 valence electrons. The molecule has 0 bridgehead atoms. The first-order valence-corrected chi connectivity index (χ1v) is 11.6. The maximum absolute atomic E-state index is 13.1. The molecule has 31 heavy (non-hydrogen) atoms. The van der Waals surface area contributed by atoms with Crippen molar-refractivity contribution in [3.63, 3.8) is 0 Å². The van der Waals surface area contributed by atoms with Crippen molar-refractivity contribution in [2.24, 2.45) is 5.92 Å². The number of esters is 1. The minimum atomic E-state index is -4.24. The van der Waals surface area contributed by atoms with E-state index in [4.69, 9.17) is 4.74 Å². The lowest BCUT2D eigenvalue weighted by Crippen LogP contribution is -2.51. The molecule has 2 aromatic carbocycles. The van der Waals surface area contributed by atoms with Crippen molar-refractivity contribution in [1.82, 2.24) is 10.0 Å². The molecular formula is C23H28N2O5S. The van der Waals surface area contributed by atoms with Gasteiger partial charge in [-0.3, -0.25) is 0 Å². The molecule has 0 heterocycles. The molecule has 8 heteroatoms. The molecule has 2 unspecified atom stereocenters. The summed E-state index contributed by atoms with van der Waals surface area (Å²) in [6.45, 7) is 5.46. The maximum Gasteiger partial charge on any atom is 0.329 e. The van der Waals surface area contributed by atoms with Crippen LogP contribution in [0.1, 0.15) is 38.3 Å². The van der Waals surface area contributed by atoms with Crippen LogP contribution < -0.4 is 10.0 Å². The first kappa shape index (κ1) is 24.1. The summed E-state index contributed by atoms with van der Waals surface area (Å²) in [5.41, 5.74) is 1.09. The van der Waals surface area contributed by atoms with Gasteiger partial charge in [0, 0.05) is 0 Å². The summed E-state index contributed by atoms with van der Waals surface area (Å²) >= 11 is 0. The molecule has 0 saturated carbocycles. The van der Waals surface area contributed by atoms with Crippen LogP contribution in [0.4, 0.5) is 4.79 Å². The summed E-state index contributed by atoms with van der Waals surface area (Å²) in [6.07, 6.45) is 2.09. The molecule has 0 aliphatic heterocycles. The number of urea groups is 1. The Morgan fingerprint density at radius 3 is 2.13 bits per heavy atom. The minimum absolute atomic E-state index is 0.0642. The van der Waals surface area contributed by atoms with Crippen molar-refractivity contribution >= 4 is 33.0 Å². The van der Waals surface area contributed by atoms with Gasteiger partial charge in [0.1, 0.15) is 6.04 Å². The number of hydrogen-bond acceptors (Lipinski definition) is 5. The molecule has 0 fully saturated rings. The fourth-order valence-corrected chi connectivity index (χ4v) is 4.02.